The molecule has 2 aromatic rings. The molecule has 0 spiro atoms. The molecule has 1 N–H and O–H groups in total. The lowest BCUT2D eigenvalue weighted by atomic mass is 9.75. The van der Waals surface area contributed by atoms with Crippen molar-refractivity contribution in [2.24, 2.45) is 5.92 Å². The Morgan fingerprint density at radius 3 is 2.48 bits per heavy atom. The topological polar surface area (TPSA) is 42.0 Å². The van der Waals surface area contributed by atoms with Crippen LogP contribution in [-0.2, 0) is 0 Å². The van der Waals surface area contributed by atoms with Crippen molar-refractivity contribution in [2.75, 3.05) is 0 Å². The Bertz CT molecular complexity index is 721. The molecule has 3 rings (SSSR count). The van der Waals surface area contributed by atoms with Gasteiger partial charge in [-0.3, -0.25) is 9.78 Å². The Morgan fingerprint density at radius 1 is 1.16 bits per heavy atom. The number of aromatic nitrogens is 1. The maximum absolute atomic E-state index is 12.4. The summed E-state index contributed by atoms with van der Waals surface area (Å²) in [7, 11) is 0. The van der Waals surface area contributed by atoms with E-state index in [4.69, 9.17) is 11.6 Å². The third-order valence-electron chi connectivity index (χ3n) is 5.45. The number of aryl methyl sites for hydroxylation is 1. The van der Waals surface area contributed by atoms with Gasteiger partial charge in [0.05, 0.1) is 0 Å². The molecule has 0 radical (unpaired) electrons. The fourth-order valence-electron chi connectivity index (χ4n) is 3.88. The number of carbonyl (C=O) groups excluding carboxylic acids is 1. The number of rotatable bonds is 4. The first kappa shape index (κ1) is 17.9. The van der Waals surface area contributed by atoms with Crippen molar-refractivity contribution >= 4 is 17.5 Å². The molecular formula is C21H25ClN2O. The number of nitrogens with one attached hydrogen (secondary N) is 1. The number of halogens is 1. The maximum atomic E-state index is 12.4. The van der Waals surface area contributed by atoms with Crippen LogP contribution in [0.25, 0.3) is 0 Å². The molecule has 0 saturated heterocycles. The van der Waals surface area contributed by atoms with E-state index in [0.717, 1.165) is 12.8 Å². The standard InChI is InChI=1S/C21H25ClN2O/c1-14-13-23-12-11-20(14)17-5-3-16(4-6-17)15(2)24-21(25)18-7-9-19(22)10-8-18/h7-13,15-17H,3-6H2,1-2H3,(H,24,25)/t15-,16?,17?/m1/s1. The first-order chi connectivity index (χ1) is 12.0. The van der Waals surface area contributed by atoms with Gasteiger partial charge < -0.3 is 5.32 Å². The van der Waals surface area contributed by atoms with Gasteiger partial charge in [-0.2, -0.15) is 0 Å². The molecule has 1 fully saturated rings. The van der Waals surface area contributed by atoms with Gasteiger partial charge in [0.1, 0.15) is 0 Å². The van der Waals surface area contributed by atoms with Crippen molar-refractivity contribution in [3.8, 4) is 0 Å². The molecule has 0 unspecified atom stereocenters. The van der Waals surface area contributed by atoms with Crippen LogP contribution in [0.4, 0.5) is 0 Å². The van der Waals surface area contributed by atoms with Crippen LogP contribution in [0.3, 0.4) is 0 Å². The smallest absolute Gasteiger partial charge is 0.251 e. The molecule has 1 aromatic carbocycles. The Labute approximate surface area is 154 Å². The molecular weight excluding hydrogens is 332 g/mol. The van der Waals surface area contributed by atoms with Crippen LogP contribution in [0.1, 0.15) is 60.0 Å². The minimum atomic E-state index is -0.0173. The average Bonchev–Trinajstić information content (AvgIpc) is 2.63. The molecule has 3 nitrogen and oxygen atoms in total. The number of carbonyl (C=O) groups is 1. The van der Waals surface area contributed by atoms with E-state index in [9.17, 15) is 4.79 Å². The van der Waals surface area contributed by atoms with Crippen molar-refractivity contribution in [1.82, 2.24) is 10.3 Å². The van der Waals surface area contributed by atoms with E-state index in [-0.39, 0.29) is 11.9 Å². The van der Waals surface area contributed by atoms with Gasteiger partial charge in [0.2, 0.25) is 0 Å². The van der Waals surface area contributed by atoms with Gasteiger partial charge in [-0.25, -0.2) is 0 Å². The maximum Gasteiger partial charge on any atom is 0.251 e. The molecule has 0 aliphatic heterocycles. The second kappa shape index (κ2) is 8.01. The van der Waals surface area contributed by atoms with Gasteiger partial charge in [0.25, 0.3) is 5.91 Å². The summed E-state index contributed by atoms with van der Waals surface area (Å²) in [6, 6.07) is 9.39. The zero-order valence-electron chi connectivity index (χ0n) is 14.8. The first-order valence-electron chi connectivity index (χ1n) is 9.01. The molecule has 132 valence electrons. The molecule has 1 amide bonds. The molecule has 1 aliphatic carbocycles. The normalized spacial score (nSPS) is 21.6. The van der Waals surface area contributed by atoms with Gasteiger partial charge in [0.15, 0.2) is 0 Å². The Hall–Kier alpha value is -1.87. The fourth-order valence-corrected chi connectivity index (χ4v) is 4.01. The van der Waals surface area contributed by atoms with Gasteiger partial charge in [-0.05, 0) is 92.8 Å². The number of nitrogens with zero attached hydrogens (tertiary/aromatic N) is 1. The summed E-state index contributed by atoms with van der Waals surface area (Å²) in [5.41, 5.74) is 3.39. The van der Waals surface area contributed by atoms with E-state index in [0.29, 0.717) is 22.4 Å². The summed E-state index contributed by atoms with van der Waals surface area (Å²) < 4.78 is 0. The fraction of sp³-hybridized carbons (Fsp3) is 0.429. The molecule has 1 atom stereocenters. The molecule has 25 heavy (non-hydrogen) atoms. The zero-order chi connectivity index (χ0) is 17.8. The average molecular weight is 357 g/mol. The van der Waals surface area contributed by atoms with Crippen molar-refractivity contribution < 1.29 is 4.79 Å². The predicted molar refractivity (Wildman–Crippen MR) is 102 cm³/mol. The molecule has 1 aliphatic rings. The Kier molecular flexibility index (Phi) is 5.74. The van der Waals surface area contributed by atoms with E-state index in [1.54, 1.807) is 24.3 Å². The van der Waals surface area contributed by atoms with Crippen LogP contribution in [0, 0.1) is 12.8 Å². The number of benzene rings is 1. The minimum absolute atomic E-state index is 0.0173. The van der Waals surface area contributed by atoms with Crippen molar-refractivity contribution in [3.05, 3.63) is 64.4 Å². The van der Waals surface area contributed by atoms with E-state index >= 15 is 0 Å². The predicted octanol–water partition coefficient (Wildman–Crippen LogP) is 5.14. The third kappa shape index (κ3) is 4.40. The summed E-state index contributed by atoms with van der Waals surface area (Å²) in [5, 5.41) is 3.81. The van der Waals surface area contributed by atoms with Crippen molar-refractivity contribution in [1.29, 1.82) is 0 Å². The summed E-state index contributed by atoms with van der Waals surface area (Å²) in [4.78, 5) is 16.6. The van der Waals surface area contributed by atoms with Crippen LogP contribution in [0.15, 0.2) is 42.7 Å². The van der Waals surface area contributed by atoms with Crippen LogP contribution in [0.2, 0.25) is 5.02 Å². The number of amides is 1. The molecule has 1 heterocycles. The molecule has 1 aromatic heterocycles. The van der Waals surface area contributed by atoms with E-state index < -0.39 is 0 Å². The lowest BCUT2D eigenvalue weighted by molar-refractivity contribution is 0.0918. The quantitative estimate of drug-likeness (QED) is 0.824. The largest absolute Gasteiger partial charge is 0.349 e. The lowest BCUT2D eigenvalue weighted by Gasteiger charge is -2.33. The molecule has 4 heteroatoms. The van der Waals surface area contributed by atoms with Gasteiger partial charge in [0, 0.05) is 29.0 Å². The zero-order valence-corrected chi connectivity index (χ0v) is 15.6. The van der Waals surface area contributed by atoms with Crippen molar-refractivity contribution in [2.45, 2.75) is 51.5 Å². The van der Waals surface area contributed by atoms with Gasteiger partial charge in [-0.15, -0.1) is 0 Å². The second-order valence-corrected chi connectivity index (χ2v) is 7.55. The van der Waals surface area contributed by atoms with Gasteiger partial charge >= 0.3 is 0 Å². The SMILES string of the molecule is Cc1cnccc1C1CCC([C@@H](C)NC(=O)c2ccc(Cl)cc2)CC1. The minimum Gasteiger partial charge on any atom is -0.349 e. The highest BCUT2D eigenvalue weighted by Gasteiger charge is 2.27. The monoisotopic (exact) mass is 356 g/mol. The van der Waals surface area contributed by atoms with Crippen LogP contribution in [0.5, 0.6) is 0 Å². The van der Waals surface area contributed by atoms with E-state index in [2.05, 4.69) is 30.2 Å². The second-order valence-electron chi connectivity index (χ2n) is 7.11. The van der Waals surface area contributed by atoms with Crippen LogP contribution >= 0.6 is 11.6 Å². The van der Waals surface area contributed by atoms with E-state index in [1.807, 2.05) is 12.4 Å². The molecule has 1 saturated carbocycles. The third-order valence-corrected chi connectivity index (χ3v) is 5.70. The van der Waals surface area contributed by atoms with Crippen molar-refractivity contribution in [3.63, 3.8) is 0 Å². The summed E-state index contributed by atoms with van der Waals surface area (Å²) in [6.07, 6.45) is 8.50. The lowest BCUT2D eigenvalue weighted by Crippen LogP contribution is -2.39. The highest BCUT2D eigenvalue weighted by molar-refractivity contribution is 6.30. The highest BCUT2D eigenvalue weighted by atomic mass is 35.5. The van der Waals surface area contributed by atoms with Crippen LogP contribution in [-0.4, -0.2) is 16.9 Å². The Balaban J connectivity index is 1.54. The highest BCUT2D eigenvalue weighted by Crippen LogP contribution is 2.38. The summed E-state index contributed by atoms with van der Waals surface area (Å²) in [5.74, 6) is 1.14. The number of hydrogen-bond donors (Lipinski definition) is 1. The summed E-state index contributed by atoms with van der Waals surface area (Å²) in [6.45, 7) is 4.26. The number of hydrogen-bond acceptors (Lipinski definition) is 2. The van der Waals surface area contributed by atoms with Gasteiger partial charge in [-0.1, -0.05) is 11.6 Å². The molecule has 0 bridgehead atoms. The van der Waals surface area contributed by atoms with Crippen LogP contribution < -0.4 is 5.32 Å². The first-order valence-corrected chi connectivity index (χ1v) is 9.39. The number of pyridine rings is 1. The van der Waals surface area contributed by atoms with E-state index in [1.165, 1.54) is 24.0 Å². The summed E-state index contributed by atoms with van der Waals surface area (Å²) >= 11 is 5.88. The Morgan fingerprint density at radius 2 is 1.84 bits per heavy atom.